The van der Waals surface area contributed by atoms with E-state index in [1.54, 1.807) is 6.92 Å². The molecule has 3 nitrogen and oxygen atoms in total. The number of rotatable bonds is 6. The van der Waals surface area contributed by atoms with Gasteiger partial charge in [-0.3, -0.25) is 4.79 Å². The minimum atomic E-state index is -0.830. The molecular weight excluding hydrogens is 347 g/mol. The van der Waals surface area contributed by atoms with Crippen LogP contribution in [0.15, 0.2) is 35.9 Å². The third-order valence-corrected chi connectivity index (χ3v) is 5.69. The van der Waals surface area contributed by atoms with E-state index < -0.39 is 5.97 Å². The van der Waals surface area contributed by atoms with E-state index in [4.69, 9.17) is 9.84 Å². The van der Waals surface area contributed by atoms with Gasteiger partial charge in [-0.15, -0.1) is 5.92 Å². The van der Waals surface area contributed by atoms with Crippen LogP contribution < -0.4 is 34.3 Å². The normalized spacial score (nSPS) is 18.6. The van der Waals surface area contributed by atoms with E-state index >= 15 is 0 Å². The summed E-state index contributed by atoms with van der Waals surface area (Å²) in [7, 11) is 0. The number of carboxylic acid groups (broad SMARTS) is 1. The summed E-state index contributed by atoms with van der Waals surface area (Å²) in [5.74, 6) is 5.54. The van der Waals surface area contributed by atoms with Crippen LogP contribution in [-0.2, 0) is 4.79 Å². The Hall–Kier alpha value is -1.21. The number of aliphatic carboxylic acids is 1. The van der Waals surface area contributed by atoms with Gasteiger partial charge >= 0.3 is 35.5 Å². The molecule has 0 heterocycles. The Morgan fingerprint density at radius 1 is 1.22 bits per heavy atom. The molecule has 1 saturated carbocycles. The number of hydrogen-bond acceptors (Lipinski definition) is 2. The number of allylic oxidation sites excluding steroid dienone is 1. The summed E-state index contributed by atoms with van der Waals surface area (Å²) >= 11 is 0. The van der Waals surface area contributed by atoms with Crippen LogP contribution in [0.25, 0.3) is 0 Å². The van der Waals surface area contributed by atoms with Gasteiger partial charge in [0.15, 0.2) is 0 Å². The zero-order chi connectivity index (χ0) is 18.4. The van der Waals surface area contributed by atoms with E-state index in [1.807, 2.05) is 24.3 Å². The van der Waals surface area contributed by atoms with E-state index in [2.05, 4.69) is 17.9 Å². The minimum absolute atomic E-state index is 0. The van der Waals surface area contributed by atoms with Gasteiger partial charge in [-0.2, -0.15) is 0 Å². The molecule has 1 atom stereocenters. The Kier molecular flexibility index (Phi) is 8.48. The summed E-state index contributed by atoms with van der Waals surface area (Å²) in [6.45, 7) is 2.40. The Balaban J connectivity index is 0.00000196. The molecule has 1 aromatic carbocycles. The molecule has 0 saturated heterocycles. The predicted octanol–water partition coefficient (Wildman–Crippen LogP) is 2.43. The van der Waals surface area contributed by atoms with Crippen LogP contribution in [0.5, 0.6) is 5.75 Å². The molecule has 0 aromatic heterocycles. The van der Waals surface area contributed by atoms with Gasteiger partial charge in [0.25, 0.3) is 0 Å². The number of carboxylic acids is 1. The summed E-state index contributed by atoms with van der Waals surface area (Å²) in [4.78, 5) is 11.0. The minimum Gasteiger partial charge on any atom is -1.00 e. The van der Waals surface area contributed by atoms with Crippen molar-refractivity contribution < 1.29 is 45.6 Å². The molecule has 2 aliphatic rings. The Morgan fingerprint density at radius 3 is 2.52 bits per heavy atom. The first-order chi connectivity index (χ1) is 12.6. The van der Waals surface area contributed by atoms with Gasteiger partial charge in [0.1, 0.15) is 12.4 Å². The van der Waals surface area contributed by atoms with Crippen molar-refractivity contribution in [3.8, 4) is 17.6 Å². The van der Waals surface area contributed by atoms with Crippen molar-refractivity contribution in [3.05, 3.63) is 41.5 Å². The monoisotopic (exact) mass is 376 g/mol. The SMILES string of the molecule is CC#C[C@@H](CC(=O)O)c1ccc(OCC2=CC3(CCCC3)CCC2)cc1.[H-].[Na+]. The molecule has 2 aliphatic carbocycles. The molecule has 0 amide bonds. The van der Waals surface area contributed by atoms with Crippen LogP contribution in [0.3, 0.4) is 0 Å². The van der Waals surface area contributed by atoms with Crippen LogP contribution in [0.2, 0.25) is 0 Å². The summed E-state index contributed by atoms with van der Waals surface area (Å²) < 4.78 is 6.00. The maximum atomic E-state index is 11.0. The van der Waals surface area contributed by atoms with Crippen molar-refractivity contribution in [2.24, 2.45) is 5.41 Å². The van der Waals surface area contributed by atoms with Crippen molar-refractivity contribution in [3.63, 3.8) is 0 Å². The molecule has 1 fully saturated rings. The van der Waals surface area contributed by atoms with Crippen LogP contribution in [0, 0.1) is 17.3 Å². The number of carbonyl (C=O) groups is 1. The van der Waals surface area contributed by atoms with Gasteiger partial charge in [-0.1, -0.05) is 37.0 Å². The van der Waals surface area contributed by atoms with Crippen LogP contribution >= 0.6 is 0 Å². The van der Waals surface area contributed by atoms with E-state index in [-0.39, 0.29) is 43.3 Å². The fourth-order valence-corrected chi connectivity index (χ4v) is 4.41. The predicted molar refractivity (Wildman–Crippen MR) is 104 cm³/mol. The van der Waals surface area contributed by atoms with Gasteiger partial charge in [0, 0.05) is 0 Å². The molecule has 0 aliphatic heterocycles. The molecular formula is C23H29NaO3. The summed E-state index contributed by atoms with van der Waals surface area (Å²) in [6, 6.07) is 7.72. The maximum absolute atomic E-state index is 11.0. The van der Waals surface area contributed by atoms with Gasteiger partial charge in [-0.05, 0) is 67.7 Å². The molecule has 140 valence electrons. The molecule has 4 heteroatoms. The van der Waals surface area contributed by atoms with E-state index in [1.165, 1.54) is 44.1 Å². The van der Waals surface area contributed by atoms with Crippen LogP contribution in [-0.4, -0.2) is 17.7 Å². The second-order valence-electron chi connectivity index (χ2n) is 7.63. The van der Waals surface area contributed by atoms with Crippen LogP contribution in [0.4, 0.5) is 0 Å². The smallest absolute Gasteiger partial charge is 1.00 e. The van der Waals surface area contributed by atoms with Gasteiger partial charge in [-0.25, -0.2) is 0 Å². The Labute approximate surface area is 186 Å². The van der Waals surface area contributed by atoms with Crippen molar-refractivity contribution in [1.29, 1.82) is 0 Å². The number of ether oxygens (including phenoxy) is 1. The maximum Gasteiger partial charge on any atom is 1.00 e. The van der Waals surface area contributed by atoms with Crippen molar-refractivity contribution in [1.82, 2.24) is 0 Å². The zero-order valence-corrected chi connectivity index (χ0v) is 18.6. The topological polar surface area (TPSA) is 46.5 Å². The first kappa shape index (κ1) is 22.1. The third kappa shape index (κ3) is 6.14. The second-order valence-corrected chi connectivity index (χ2v) is 7.63. The molecule has 1 aromatic rings. The fourth-order valence-electron chi connectivity index (χ4n) is 4.41. The average Bonchev–Trinajstić information content (AvgIpc) is 3.07. The number of benzene rings is 1. The quantitative estimate of drug-likeness (QED) is 0.471. The fraction of sp³-hybridized carbons (Fsp3) is 0.522. The number of hydrogen-bond donors (Lipinski definition) is 1. The summed E-state index contributed by atoms with van der Waals surface area (Å²) in [5, 5.41) is 9.04. The molecule has 0 radical (unpaired) electrons. The first-order valence-electron chi connectivity index (χ1n) is 9.68. The van der Waals surface area contributed by atoms with Gasteiger partial charge in [0.2, 0.25) is 0 Å². The van der Waals surface area contributed by atoms with E-state index in [0.717, 1.165) is 17.7 Å². The first-order valence-corrected chi connectivity index (χ1v) is 9.68. The Bertz CT molecular complexity index is 724. The summed E-state index contributed by atoms with van der Waals surface area (Å²) in [5.41, 5.74) is 2.82. The molecule has 3 rings (SSSR count). The van der Waals surface area contributed by atoms with E-state index in [9.17, 15) is 4.79 Å². The molecule has 0 unspecified atom stereocenters. The van der Waals surface area contributed by atoms with E-state index in [0.29, 0.717) is 12.0 Å². The largest absolute Gasteiger partial charge is 1.00 e. The summed E-state index contributed by atoms with van der Waals surface area (Å²) in [6.07, 6.45) is 11.7. The molecule has 1 spiro atoms. The van der Waals surface area contributed by atoms with Gasteiger partial charge < -0.3 is 11.3 Å². The molecule has 1 N–H and O–H groups in total. The standard InChI is InChI=1S/C23H28O3.Na.H/c1-2-6-20(15-22(24)25)19-8-10-21(11-9-19)26-17-18-7-5-14-23(16-18)12-3-4-13-23;;/h8-11,16,20H,3-5,7,12-15,17H2,1H3,(H,24,25);;/q;+1;-1/t20-;;/m0../s1. The van der Waals surface area contributed by atoms with Crippen molar-refractivity contribution in [2.75, 3.05) is 6.61 Å². The van der Waals surface area contributed by atoms with Crippen molar-refractivity contribution >= 4 is 5.97 Å². The third-order valence-electron chi connectivity index (χ3n) is 5.69. The Morgan fingerprint density at radius 2 is 1.89 bits per heavy atom. The van der Waals surface area contributed by atoms with Crippen LogP contribution in [0.1, 0.15) is 71.2 Å². The molecule has 27 heavy (non-hydrogen) atoms. The van der Waals surface area contributed by atoms with Gasteiger partial charge in [0.05, 0.1) is 12.3 Å². The molecule has 0 bridgehead atoms. The average molecular weight is 376 g/mol. The zero-order valence-electron chi connectivity index (χ0n) is 17.6. The second kappa shape index (κ2) is 10.4. The van der Waals surface area contributed by atoms with Crippen molar-refractivity contribution in [2.45, 2.75) is 64.2 Å².